The SMILES string of the molecule is COCCCN(C(C)c1nc2ccccc2c(=O)n1-c1ccc(OC)cc1)S(=O)(=O)/C=C/c1ccccc1. The smallest absolute Gasteiger partial charge is 0.266 e. The van der Waals surface area contributed by atoms with E-state index in [2.05, 4.69) is 0 Å². The summed E-state index contributed by atoms with van der Waals surface area (Å²) in [5, 5.41) is 1.64. The molecule has 0 amide bonds. The molecule has 0 bridgehead atoms. The number of fused-ring (bicyclic) bond motifs is 1. The Morgan fingerprint density at radius 1 is 0.974 bits per heavy atom. The van der Waals surface area contributed by atoms with Crippen molar-refractivity contribution in [3.05, 3.63) is 106 Å². The molecule has 38 heavy (non-hydrogen) atoms. The maximum Gasteiger partial charge on any atom is 0.266 e. The van der Waals surface area contributed by atoms with E-state index in [4.69, 9.17) is 14.5 Å². The molecule has 0 aliphatic heterocycles. The molecular weight excluding hydrogens is 502 g/mol. The van der Waals surface area contributed by atoms with E-state index in [0.717, 1.165) is 5.56 Å². The summed E-state index contributed by atoms with van der Waals surface area (Å²) >= 11 is 0. The molecule has 9 heteroatoms. The Morgan fingerprint density at radius 2 is 1.66 bits per heavy atom. The molecule has 1 unspecified atom stereocenters. The Balaban J connectivity index is 1.86. The number of nitrogens with zero attached hydrogens (tertiary/aromatic N) is 3. The van der Waals surface area contributed by atoms with Crippen molar-refractivity contribution < 1.29 is 17.9 Å². The van der Waals surface area contributed by atoms with Gasteiger partial charge in [-0.05, 0) is 61.4 Å². The molecule has 0 fully saturated rings. The minimum absolute atomic E-state index is 0.182. The van der Waals surface area contributed by atoms with E-state index in [0.29, 0.717) is 41.2 Å². The van der Waals surface area contributed by atoms with Gasteiger partial charge in [0, 0.05) is 25.7 Å². The number of para-hydroxylation sites is 1. The highest BCUT2D eigenvalue weighted by molar-refractivity contribution is 7.92. The lowest BCUT2D eigenvalue weighted by Gasteiger charge is -2.28. The molecule has 0 saturated heterocycles. The predicted molar refractivity (Wildman–Crippen MR) is 150 cm³/mol. The molecule has 0 spiro atoms. The highest BCUT2D eigenvalue weighted by Crippen LogP contribution is 2.27. The van der Waals surface area contributed by atoms with Crippen molar-refractivity contribution in [3.8, 4) is 11.4 Å². The molecule has 0 N–H and O–H groups in total. The second-order valence-corrected chi connectivity index (χ2v) is 10.5. The van der Waals surface area contributed by atoms with Crippen LogP contribution < -0.4 is 10.3 Å². The van der Waals surface area contributed by atoms with Crippen LogP contribution in [0.25, 0.3) is 22.7 Å². The first-order chi connectivity index (χ1) is 18.4. The largest absolute Gasteiger partial charge is 0.497 e. The average Bonchev–Trinajstić information content (AvgIpc) is 2.94. The van der Waals surface area contributed by atoms with Crippen LogP contribution in [0, 0.1) is 0 Å². The molecule has 4 rings (SSSR count). The lowest BCUT2D eigenvalue weighted by molar-refractivity contribution is 0.182. The molecule has 1 atom stereocenters. The van der Waals surface area contributed by atoms with E-state index in [1.807, 2.05) is 30.3 Å². The van der Waals surface area contributed by atoms with E-state index in [1.54, 1.807) is 75.8 Å². The van der Waals surface area contributed by atoms with Crippen LogP contribution in [0.5, 0.6) is 5.75 Å². The van der Waals surface area contributed by atoms with E-state index in [1.165, 1.54) is 14.3 Å². The summed E-state index contributed by atoms with van der Waals surface area (Å²) in [5.74, 6) is 0.952. The van der Waals surface area contributed by atoms with Crippen LogP contribution in [0.4, 0.5) is 0 Å². The minimum atomic E-state index is -3.90. The lowest BCUT2D eigenvalue weighted by Crippen LogP contribution is -2.37. The zero-order valence-corrected chi connectivity index (χ0v) is 22.5. The third kappa shape index (κ3) is 6.02. The van der Waals surface area contributed by atoms with Gasteiger partial charge in [-0.25, -0.2) is 13.4 Å². The fraction of sp³-hybridized carbons (Fsp3) is 0.241. The zero-order chi connectivity index (χ0) is 27.1. The fourth-order valence-corrected chi connectivity index (χ4v) is 5.66. The number of rotatable bonds is 11. The second kappa shape index (κ2) is 12.2. The van der Waals surface area contributed by atoms with Crippen molar-refractivity contribution >= 4 is 27.0 Å². The van der Waals surface area contributed by atoms with Crippen molar-refractivity contribution in [1.82, 2.24) is 13.9 Å². The maximum atomic E-state index is 13.7. The van der Waals surface area contributed by atoms with Gasteiger partial charge in [-0.15, -0.1) is 0 Å². The van der Waals surface area contributed by atoms with Crippen molar-refractivity contribution in [2.75, 3.05) is 27.4 Å². The van der Waals surface area contributed by atoms with E-state index < -0.39 is 16.1 Å². The van der Waals surface area contributed by atoms with Crippen molar-refractivity contribution in [3.63, 3.8) is 0 Å². The summed E-state index contributed by atoms with van der Waals surface area (Å²) in [6, 6.07) is 22.5. The monoisotopic (exact) mass is 533 g/mol. The van der Waals surface area contributed by atoms with E-state index >= 15 is 0 Å². The topological polar surface area (TPSA) is 90.7 Å². The van der Waals surface area contributed by atoms with Gasteiger partial charge in [0.2, 0.25) is 10.0 Å². The molecule has 1 heterocycles. The van der Waals surface area contributed by atoms with Crippen LogP contribution in [-0.2, 0) is 14.8 Å². The number of hydrogen-bond acceptors (Lipinski definition) is 6. The summed E-state index contributed by atoms with van der Waals surface area (Å²) in [6.45, 7) is 2.32. The van der Waals surface area contributed by atoms with Gasteiger partial charge in [-0.2, -0.15) is 4.31 Å². The number of hydrogen-bond donors (Lipinski definition) is 0. The van der Waals surface area contributed by atoms with Crippen LogP contribution in [0.2, 0.25) is 0 Å². The standard InChI is InChI=1S/C29H31N3O5S/c1-22(31(19-9-20-36-2)38(34,35)21-18-23-10-5-4-6-11-23)28-30-27-13-8-7-12-26(27)29(33)32(28)24-14-16-25(37-3)17-15-24/h4-8,10-18,21-22H,9,19-20H2,1-3H3/b21-18+. The molecule has 1 aromatic heterocycles. The van der Waals surface area contributed by atoms with Crippen LogP contribution in [-0.4, -0.2) is 49.6 Å². The van der Waals surface area contributed by atoms with Gasteiger partial charge in [0.25, 0.3) is 5.56 Å². The van der Waals surface area contributed by atoms with Crippen LogP contribution in [0.3, 0.4) is 0 Å². The first-order valence-corrected chi connectivity index (χ1v) is 13.8. The van der Waals surface area contributed by atoms with Gasteiger partial charge < -0.3 is 9.47 Å². The van der Waals surface area contributed by atoms with Gasteiger partial charge in [-0.3, -0.25) is 9.36 Å². The fourth-order valence-electron chi connectivity index (χ4n) is 4.25. The third-order valence-electron chi connectivity index (χ3n) is 6.22. The number of benzene rings is 3. The van der Waals surface area contributed by atoms with Crippen LogP contribution in [0.1, 0.15) is 30.8 Å². The van der Waals surface area contributed by atoms with Gasteiger partial charge in [-0.1, -0.05) is 42.5 Å². The number of sulfonamides is 1. The molecule has 0 radical (unpaired) electrons. The highest BCUT2D eigenvalue weighted by atomic mass is 32.2. The summed E-state index contributed by atoms with van der Waals surface area (Å²) < 4.78 is 40.6. The third-order valence-corrected chi connectivity index (χ3v) is 7.86. The van der Waals surface area contributed by atoms with Crippen LogP contribution in [0.15, 0.2) is 89.1 Å². The molecule has 0 aliphatic rings. The highest BCUT2D eigenvalue weighted by Gasteiger charge is 2.30. The van der Waals surface area contributed by atoms with Crippen LogP contribution >= 0.6 is 0 Å². The Hall–Kier alpha value is -3.79. The molecule has 0 saturated carbocycles. The number of aromatic nitrogens is 2. The Morgan fingerprint density at radius 3 is 2.34 bits per heavy atom. The van der Waals surface area contributed by atoms with Crippen molar-refractivity contribution in [2.45, 2.75) is 19.4 Å². The zero-order valence-electron chi connectivity index (χ0n) is 21.7. The Bertz CT molecular complexity index is 1570. The Labute approximate surface area is 222 Å². The summed E-state index contributed by atoms with van der Waals surface area (Å²) in [7, 11) is -0.762. The summed E-state index contributed by atoms with van der Waals surface area (Å²) in [4.78, 5) is 18.5. The number of methoxy groups -OCH3 is 2. The van der Waals surface area contributed by atoms with Gasteiger partial charge in [0.05, 0.1) is 29.7 Å². The quantitative estimate of drug-likeness (QED) is 0.258. The minimum Gasteiger partial charge on any atom is -0.497 e. The Kier molecular flexibility index (Phi) is 8.73. The van der Waals surface area contributed by atoms with Crippen molar-refractivity contribution in [2.24, 2.45) is 0 Å². The molecular formula is C29H31N3O5S. The van der Waals surface area contributed by atoms with E-state index in [9.17, 15) is 13.2 Å². The first-order valence-electron chi connectivity index (χ1n) is 12.3. The summed E-state index contributed by atoms with van der Waals surface area (Å²) in [6.07, 6.45) is 2.04. The average molecular weight is 534 g/mol. The molecule has 8 nitrogen and oxygen atoms in total. The lowest BCUT2D eigenvalue weighted by atomic mass is 10.2. The second-order valence-electron chi connectivity index (χ2n) is 8.72. The predicted octanol–water partition coefficient (Wildman–Crippen LogP) is 4.79. The molecule has 3 aromatic carbocycles. The normalized spacial score (nSPS) is 12.8. The van der Waals surface area contributed by atoms with Gasteiger partial charge >= 0.3 is 0 Å². The molecule has 0 aliphatic carbocycles. The maximum absolute atomic E-state index is 13.7. The van der Waals surface area contributed by atoms with Crippen molar-refractivity contribution in [1.29, 1.82) is 0 Å². The van der Waals surface area contributed by atoms with E-state index in [-0.39, 0.29) is 12.1 Å². The first kappa shape index (κ1) is 27.3. The van der Waals surface area contributed by atoms with Gasteiger partial charge in [0.1, 0.15) is 11.6 Å². The molecule has 198 valence electrons. The molecule has 4 aromatic rings. The summed E-state index contributed by atoms with van der Waals surface area (Å²) in [5.41, 5.74) is 1.54. The van der Waals surface area contributed by atoms with Gasteiger partial charge in [0.15, 0.2) is 0 Å². The number of ether oxygens (including phenoxy) is 2.